The van der Waals surface area contributed by atoms with E-state index in [1.54, 1.807) is 6.92 Å². The minimum Gasteiger partial charge on any atom is -0.479 e. The molecule has 1 aliphatic rings. The van der Waals surface area contributed by atoms with Crippen LogP contribution in [0.4, 0.5) is 10.8 Å². The maximum absolute atomic E-state index is 11.8. The average Bonchev–Trinajstić information content (AvgIpc) is 2.88. The maximum Gasteiger partial charge on any atom is 0.265 e. The number of thiazole rings is 1. The summed E-state index contributed by atoms with van der Waals surface area (Å²) < 4.78 is 5.56. The normalized spacial score (nSPS) is 16.4. The van der Waals surface area contributed by atoms with Crippen LogP contribution in [0.15, 0.2) is 18.2 Å². The van der Waals surface area contributed by atoms with E-state index in [1.165, 1.54) is 11.3 Å². The number of carbonyl (C=O) groups is 2. The number of nitrogens with zero attached hydrogens (tertiary/aromatic N) is 1. The van der Waals surface area contributed by atoms with Crippen LogP contribution in [-0.2, 0) is 9.59 Å². The number of carbonyl (C=O) groups excluding carboxylic acids is 2. The van der Waals surface area contributed by atoms with Crippen LogP contribution >= 0.6 is 11.3 Å². The molecule has 0 unspecified atom stereocenters. The van der Waals surface area contributed by atoms with Crippen LogP contribution in [0.25, 0.3) is 11.3 Å². The molecule has 3 rings (SSSR count). The number of hydrogen-bond donors (Lipinski definition) is 2. The molecule has 6 nitrogen and oxygen atoms in total. The second kappa shape index (κ2) is 6.24. The summed E-state index contributed by atoms with van der Waals surface area (Å²) in [6, 6.07) is 5.57. The number of ether oxygens (including phenoxy) is 1. The van der Waals surface area contributed by atoms with Gasteiger partial charge in [0.25, 0.3) is 5.91 Å². The fourth-order valence-corrected chi connectivity index (χ4v) is 3.16. The summed E-state index contributed by atoms with van der Waals surface area (Å²) in [5.74, 6) is 0.317. The summed E-state index contributed by atoms with van der Waals surface area (Å²) in [7, 11) is 0. The molecule has 0 saturated carbocycles. The van der Waals surface area contributed by atoms with Crippen LogP contribution in [0, 0.1) is 12.8 Å². The standard InChI is InChI=1S/C17H19N3O3S/c1-8(2)15(21)20-17-19-14(10(4)24-17)11-5-6-13-12(7-11)18-16(22)9(3)23-13/h5-9H,1-4H3,(H,18,22)(H,19,20,21)/t9-/m1/s1. The molecule has 0 saturated heterocycles. The number of aromatic nitrogens is 1. The Bertz CT molecular complexity index is 813. The fourth-order valence-electron chi connectivity index (χ4n) is 2.32. The van der Waals surface area contributed by atoms with Crippen molar-refractivity contribution in [3.05, 3.63) is 23.1 Å². The lowest BCUT2D eigenvalue weighted by atomic mass is 10.1. The molecular weight excluding hydrogens is 326 g/mol. The molecule has 1 aromatic heterocycles. The van der Waals surface area contributed by atoms with Crippen molar-refractivity contribution in [1.82, 2.24) is 4.98 Å². The molecule has 1 aromatic carbocycles. The van der Waals surface area contributed by atoms with Crippen molar-refractivity contribution in [2.45, 2.75) is 33.8 Å². The molecular formula is C17H19N3O3S. The van der Waals surface area contributed by atoms with Gasteiger partial charge >= 0.3 is 0 Å². The number of benzene rings is 1. The van der Waals surface area contributed by atoms with Crippen molar-refractivity contribution < 1.29 is 14.3 Å². The van der Waals surface area contributed by atoms with Gasteiger partial charge in [-0.15, -0.1) is 11.3 Å². The van der Waals surface area contributed by atoms with Crippen LogP contribution < -0.4 is 15.4 Å². The van der Waals surface area contributed by atoms with Gasteiger partial charge in [-0.3, -0.25) is 9.59 Å². The summed E-state index contributed by atoms with van der Waals surface area (Å²) in [4.78, 5) is 29.1. The van der Waals surface area contributed by atoms with E-state index in [-0.39, 0.29) is 17.7 Å². The summed E-state index contributed by atoms with van der Waals surface area (Å²) in [6.45, 7) is 7.34. The molecule has 7 heteroatoms. The van der Waals surface area contributed by atoms with Gasteiger partial charge in [-0.25, -0.2) is 4.98 Å². The highest BCUT2D eigenvalue weighted by Crippen LogP contribution is 2.36. The van der Waals surface area contributed by atoms with Crippen molar-refractivity contribution in [2.75, 3.05) is 10.6 Å². The van der Waals surface area contributed by atoms with Gasteiger partial charge in [0, 0.05) is 16.4 Å². The van der Waals surface area contributed by atoms with E-state index in [9.17, 15) is 9.59 Å². The average molecular weight is 345 g/mol. The molecule has 2 N–H and O–H groups in total. The summed E-state index contributed by atoms with van der Waals surface area (Å²) in [5, 5.41) is 6.23. The lowest BCUT2D eigenvalue weighted by Gasteiger charge is -2.23. The highest BCUT2D eigenvalue weighted by atomic mass is 32.1. The Morgan fingerprint density at radius 2 is 2.17 bits per heavy atom. The first-order chi connectivity index (χ1) is 11.3. The zero-order chi connectivity index (χ0) is 17.4. The lowest BCUT2D eigenvalue weighted by molar-refractivity contribution is -0.122. The van der Waals surface area contributed by atoms with Crippen molar-refractivity contribution in [1.29, 1.82) is 0 Å². The molecule has 1 atom stereocenters. The highest BCUT2D eigenvalue weighted by Gasteiger charge is 2.24. The number of fused-ring (bicyclic) bond motifs is 1. The first-order valence-corrected chi connectivity index (χ1v) is 8.57. The third-order valence-corrected chi connectivity index (χ3v) is 4.62. The monoisotopic (exact) mass is 345 g/mol. The Morgan fingerprint density at radius 1 is 1.42 bits per heavy atom. The van der Waals surface area contributed by atoms with E-state index < -0.39 is 6.10 Å². The van der Waals surface area contributed by atoms with Gasteiger partial charge in [0.2, 0.25) is 5.91 Å². The predicted molar refractivity (Wildman–Crippen MR) is 94.5 cm³/mol. The van der Waals surface area contributed by atoms with Gasteiger partial charge in [0.15, 0.2) is 11.2 Å². The minimum absolute atomic E-state index is 0.0598. The third-order valence-electron chi connectivity index (χ3n) is 3.73. The largest absolute Gasteiger partial charge is 0.479 e. The molecule has 0 fully saturated rings. The molecule has 0 bridgehead atoms. The Hall–Kier alpha value is -2.41. The van der Waals surface area contributed by atoms with Crippen molar-refractivity contribution in [3.8, 4) is 17.0 Å². The van der Waals surface area contributed by atoms with Crippen molar-refractivity contribution in [2.24, 2.45) is 5.92 Å². The van der Waals surface area contributed by atoms with E-state index in [0.717, 1.165) is 16.1 Å². The van der Waals surface area contributed by atoms with Crippen LogP contribution in [0.5, 0.6) is 5.75 Å². The summed E-state index contributed by atoms with van der Waals surface area (Å²) >= 11 is 1.43. The quantitative estimate of drug-likeness (QED) is 0.893. The van der Waals surface area contributed by atoms with E-state index >= 15 is 0 Å². The van der Waals surface area contributed by atoms with Gasteiger partial charge in [-0.1, -0.05) is 13.8 Å². The number of hydrogen-bond acceptors (Lipinski definition) is 5. The molecule has 2 amide bonds. The number of aryl methyl sites for hydroxylation is 1. The maximum atomic E-state index is 11.8. The van der Waals surface area contributed by atoms with E-state index in [1.807, 2.05) is 39.0 Å². The number of rotatable bonds is 3. The van der Waals surface area contributed by atoms with E-state index in [0.29, 0.717) is 16.6 Å². The molecule has 0 spiro atoms. The molecule has 0 radical (unpaired) electrons. The smallest absolute Gasteiger partial charge is 0.265 e. The van der Waals surface area contributed by atoms with Gasteiger partial charge in [0.05, 0.1) is 11.4 Å². The zero-order valence-electron chi connectivity index (χ0n) is 14.0. The van der Waals surface area contributed by atoms with Gasteiger partial charge in [0.1, 0.15) is 5.75 Å². The topological polar surface area (TPSA) is 80.3 Å². The number of nitrogens with one attached hydrogen (secondary N) is 2. The molecule has 1 aliphatic heterocycles. The zero-order valence-corrected chi connectivity index (χ0v) is 14.8. The van der Waals surface area contributed by atoms with Crippen LogP contribution in [0.1, 0.15) is 25.6 Å². The first-order valence-electron chi connectivity index (χ1n) is 7.75. The predicted octanol–water partition coefficient (Wildman–Crippen LogP) is 3.43. The highest BCUT2D eigenvalue weighted by molar-refractivity contribution is 7.16. The second-order valence-electron chi connectivity index (χ2n) is 6.03. The molecule has 2 aromatic rings. The molecule has 126 valence electrons. The Labute approximate surface area is 144 Å². The summed E-state index contributed by atoms with van der Waals surface area (Å²) in [6.07, 6.45) is -0.498. The van der Waals surface area contributed by atoms with Crippen LogP contribution in [-0.4, -0.2) is 22.9 Å². The van der Waals surface area contributed by atoms with E-state index in [4.69, 9.17) is 4.74 Å². The Morgan fingerprint density at radius 3 is 2.88 bits per heavy atom. The number of amides is 2. The van der Waals surface area contributed by atoms with Crippen molar-refractivity contribution in [3.63, 3.8) is 0 Å². The lowest BCUT2D eigenvalue weighted by Crippen LogP contribution is -2.34. The number of anilines is 2. The molecule has 2 heterocycles. The molecule has 0 aliphatic carbocycles. The second-order valence-corrected chi connectivity index (χ2v) is 7.23. The SMILES string of the molecule is Cc1sc(NC(=O)C(C)C)nc1-c1ccc2c(c1)NC(=O)[C@@H](C)O2. The van der Waals surface area contributed by atoms with Gasteiger partial charge in [-0.2, -0.15) is 0 Å². The van der Waals surface area contributed by atoms with E-state index in [2.05, 4.69) is 15.6 Å². The van der Waals surface area contributed by atoms with Gasteiger partial charge < -0.3 is 15.4 Å². The fraction of sp³-hybridized carbons (Fsp3) is 0.353. The van der Waals surface area contributed by atoms with Crippen LogP contribution in [0.2, 0.25) is 0 Å². The third kappa shape index (κ3) is 3.12. The summed E-state index contributed by atoms with van der Waals surface area (Å²) in [5.41, 5.74) is 2.29. The van der Waals surface area contributed by atoms with Crippen LogP contribution in [0.3, 0.4) is 0 Å². The van der Waals surface area contributed by atoms with Gasteiger partial charge in [-0.05, 0) is 32.0 Å². The van der Waals surface area contributed by atoms with Crippen molar-refractivity contribution >= 4 is 34.0 Å². The Balaban J connectivity index is 1.90. The minimum atomic E-state index is -0.498. The first kappa shape index (κ1) is 16.4. The molecule has 24 heavy (non-hydrogen) atoms. The Kier molecular flexibility index (Phi) is 4.28.